The molecule has 0 unspecified atom stereocenters. The van der Waals surface area contributed by atoms with Crippen molar-refractivity contribution in [3.8, 4) is 5.75 Å². The molecular formula is C21H22N2O5. The van der Waals surface area contributed by atoms with Gasteiger partial charge in [-0.15, -0.1) is 0 Å². The predicted molar refractivity (Wildman–Crippen MR) is 104 cm³/mol. The van der Waals surface area contributed by atoms with Crippen LogP contribution in [0.15, 0.2) is 48.5 Å². The lowest BCUT2D eigenvalue weighted by molar-refractivity contribution is -0.147. The highest BCUT2D eigenvalue weighted by molar-refractivity contribution is 6.05. The summed E-state index contributed by atoms with van der Waals surface area (Å²) in [5.41, 5.74) is 1.92. The van der Waals surface area contributed by atoms with Gasteiger partial charge in [0.05, 0.1) is 24.9 Å². The lowest BCUT2D eigenvalue weighted by Crippen LogP contribution is -2.41. The van der Waals surface area contributed by atoms with Gasteiger partial charge in [0.2, 0.25) is 5.91 Å². The third-order valence-corrected chi connectivity index (χ3v) is 4.49. The molecule has 1 N–H and O–H groups in total. The number of benzene rings is 2. The number of methoxy groups -OCH3 is 1. The van der Waals surface area contributed by atoms with E-state index >= 15 is 0 Å². The molecule has 0 fully saturated rings. The summed E-state index contributed by atoms with van der Waals surface area (Å²) < 4.78 is 10.3. The van der Waals surface area contributed by atoms with Gasteiger partial charge in [-0.2, -0.15) is 0 Å². The van der Waals surface area contributed by atoms with Gasteiger partial charge in [0.1, 0.15) is 5.75 Å². The van der Waals surface area contributed by atoms with Gasteiger partial charge in [-0.3, -0.25) is 14.4 Å². The molecule has 0 aliphatic carbocycles. The number of hydrogen-bond donors (Lipinski definition) is 1. The number of nitrogens with zero attached hydrogens (tertiary/aromatic N) is 1. The lowest BCUT2D eigenvalue weighted by atomic mass is 10.1. The van der Waals surface area contributed by atoms with Crippen LogP contribution in [-0.2, 0) is 25.5 Å². The number of carbonyl (C=O) groups is 3. The zero-order valence-electron chi connectivity index (χ0n) is 15.8. The number of carbonyl (C=O) groups excluding carboxylic acids is 3. The maximum atomic E-state index is 12.8. The van der Waals surface area contributed by atoms with Gasteiger partial charge in [0.25, 0.3) is 5.91 Å². The first-order chi connectivity index (χ1) is 13.5. The first kappa shape index (κ1) is 19.4. The van der Waals surface area contributed by atoms with E-state index in [0.29, 0.717) is 17.1 Å². The molecule has 0 bridgehead atoms. The van der Waals surface area contributed by atoms with E-state index in [9.17, 15) is 14.4 Å². The molecule has 0 aromatic heterocycles. The summed E-state index contributed by atoms with van der Waals surface area (Å²) >= 11 is 0. The largest absolute Gasteiger partial charge is 0.497 e. The summed E-state index contributed by atoms with van der Waals surface area (Å²) in [4.78, 5) is 38.4. The zero-order valence-corrected chi connectivity index (χ0v) is 15.8. The summed E-state index contributed by atoms with van der Waals surface area (Å²) in [5, 5.41) is 2.79. The van der Waals surface area contributed by atoms with Crippen molar-refractivity contribution in [1.82, 2.24) is 0 Å². The van der Waals surface area contributed by atoms with Crippen LogP contribution in [0.5, 0.6) is 5.75 Å². The van der Waals surface area contributed by atoms with Gasteiger partial charge in [-0.1, -0.05) is 24.3 Å². The Kier molecular flexibility index (Phi) is 5.93. The van der Waals surface area contributed by atoms with Crippen molar-refractivity contribution in [3.05, 3.63) is 54.1 Å². The van der Waals surface area contributed by atoms with Crippen LogP contribution in [0.1, 0.15) is 18.9 Å². The van der Waals surface area contributed by atoms with Gasteiger partial charge >= 0.3 is 5.97 Å². The average molecular weight is 382 g/mol. The van der Waals surface area contributed by atoms with Crippen LogP contribution in [0.4, 0.5) is 11.4 Å². The van der Waals surface area contributed by atoms with Gasteiger partial charge in [-0.05, 0) is 36.8 Å². The fraction of sp³-hybridized carbons (Fsp3) is 0.286. The summed E-state index contributed by atoms with van der Waals surface area (Å²) in [6.07, 6.45) is 0.226. The van der Waals surface area contributed by atoms with Crippen LogP contribution < -0.4 is 15.0 Å². The Balaban J connectivity index is 1.64. The van der Waals surface area contributed by atoms with Crippen LogP contribution in [0, 0.1) is 0 Å². The fourth-order valence-corrected chi connectivity index (χ4v) is 3.14. The topological polar surface area (TPSA) is 84.9 Å². The highest BCUT2D eigenvalue weighted by Crippen LogP contribution is 2.31. The number of hydrogen-bond acceptors (Lipinski definition) is 5. The monoisotopic (exact) mass is 382 g/mol. The van der Waals surface area contributed by atoms with E-state index in [4.69, 9.17) is 9.47 Å². The number of fused-ring (bicyclic) bond motifs is 1. The second-order valence-corrected chi connectivity index (χ2v) is 6.57. The van der Waals surface area contributed by atoms with Gasteiger partial charge in [-0.25, -0.2) is 0 Å². The van der Waals surface area contributed by atoms with E-state index < -0.39 is 5.97 Å². The summed E-state index contributed by atoms with van der Waals surface area (Å²) in [6.45, 7) is 1.40. The Morgan fingerprint density at radius 1 is 1.14 bits per heavy atom. The highest BCUT2D eigenvalue weighted by atomic mass is 16.5. The van der Waals surface area contributed by atoms with E-state index in [1.54, 1.807) is 62.6 Å². The predicted octanol–water partition coefficient (Wildman–Crippen LogP) is 2.54. The first-order valence-electron chi connectivity index (χ1n) is 8.97. The maximum Gasteiger partial charge on any atom is 0.310 e. The van der Waals surface area contributed by atoms with Crippen LogP contribution in [0.2, 0.25) is 0 Å². The van der Waals surface area contributed by atoms with Gasteiger partial charge < -0.3 is 19.7 Å². The van der Waals surface area contributed by atoms with Crippen molar-refractivity contribution in [2.75, 3.05) is 23.9 Å². The number of rotatable bonds is 5. The molecular weight excluding hydrogens is 360 g/mol. The molecule has 0 spiro atoms. The number of ether oxygens (including phenoxy) is 2. The number of amides is 2. The SMILES string of the molecule is COc1ccc(CC(=O)OCC(=O)N2c3ccccc3NC(=O)C[C@@H]2C)cc1. The van der Waals surface area contributed by atoms with E-state index in [1.165, 1.54) is 4.90 Å². The molecule has 3 rings (SSSR count). The average Bonchev–Trinajstić information content (AvgIpc) is 2.81. The molecule has 0 saturated heterocycles. The highest BCUT2D eigenvalue weighted by Gasteiger charge is 2.30. The zero-order chi connectivity index (χ0) is 20.1. The van der Waals surface area contributed by atoms with Crippen LogP contribution >= 0.6 is 0 Å². The number of esters is 1. The van der Waals surface area contributed by atoms with Crippen LogP contribution in [-0.4, -0.2) is 37.5 Å². The molecule has 7 heteroatoms. The van der Waals surface area contributed by atoms with E-state index in [0.717, 1.165) is 5.56 Å². The Bertz CT molecular complexity index is 879. The third-order valence-electron chi connectivity index (χ3n) is 4.49. The van der Waals surface area contributed by atoms with Crippen molar-refractivity contribution >= 4 is 29.2 Å². The molecule has 146 valence electrons. The van der Waals surface area contributed by atoms with Crippen LogP contribution in [0.3, 0.4) is 0 Å². The second-order valence-electron chi connectivity index (χ2n) is 6.57. The van der Waals surface area contributed by atoms with Crippen molar-refractivity contribution in [2.24, 2.45) is 0 Å². The minimum absolute atomic E-state index is 0.0590. The molecule has 7 nitrogen and oxygen atoms in total. The number of anilines is 2. The summed E-state index contributed by atoms with van der Waals surface area (Å²) in [6, 6.07) is 13.8. The smallest absolute Gasteiger partial charge is 0.310 e. The van der Waals surface area contributed by atoms with Gasteiger partial charge in [0.15, 0.2) is 6.61 Å². The lowest BCUT2D eigenvalue weighted by Gasteiger charge is -2.27. The van der Waals surface area contributed by atoms with Crippen molar-refractivity contribution in [2.45, 2.75) is 25.8 Å². The Morgan fingerprint density at radius 2 is 1.86 bits per heavy atom. The van der Waals surface area contributed by atoms with E-state index in [1.807, 2.05) is 0 Å². The Labute approximate surface area is 163 Å². The molecule has 2 amide bonds. The Hall–Kier alpha value is -3.35. The minimum Gasteiger partial charge on any atom is -0.497 e. The quantitative estimate of drug-likeness (QED) is 0.804. The van der Waals surface area contributed by atoms with E-state index in [2.05, 4.69) is 5.32 Å². The van der Waals surface area contributed by atoms with E-state index in [-0.39, 0.29) is 37.3 Å². The van der Waals surface area contributed by atoms with Gasteiger partial charge in [0, 0.05) is 12.5 Å². The van der Waals surface area contributed by atoms with Crippen molar-refractivity contribution in [1.29, 1.82) is 0 Å². The molecule has 1 aliphatic rings. The first-order valence-corrected chi connectivity index (χ1v) is 8.97. The summed E-state index contributed by atoms with van der Waals surface area (Å²) in [5.74, 6) is -0.334. The fourth-order valence-electron chi connectivity index (χ4n) is 3.14. The molecule has 2 aromatic rings. The third kappa shape index (κ3) is 4.49. The molecule has 1 atom stereocenters. The Morgan fingerprint density at radius 3 is 2.57 bits per heavy atom. The van der Waals surface area contributed by atoms with Crippen LogP contribution in [0.25, 0.3) is 0 Å². The maximum absolute atomic E-state index is 12.8. The normalized spacial score (nSPS) is 15.9. The second kappa shape index (κ2) is 8.56. The molecule has 0 radical (unpaired) electrons. The molecule has 1 heterocycles. The number of nitrogens with one attached hydrogen (secondary N) is 1. The molecule has 28 heavy (non-hydrogen) atoms. The minimum atomic E-state index is -0.497. The molecule has 2 aromatic carbocycles. The van der Waals surface area contributed by atoms with Crippen molar-refractivity contribution in [3.63, 3.8) is 0 Å². The molecule has 0 saturated carbocycles. The number of para-hydroxylation sites is 2. The molecule has 1 aliphatic heterocycles. The standard InChI is InChI=1S/C21H22N2O5/c1-14-11-19(24)22-17-5-3-4-6-18(17)23(14)20(25)13-28-21(26)12-15-7-9-16(27-2)10-8-15/h3-10,14H,11-13H2,1-2H3,(H,22,24)/t14-/m0/s1. The van der Waals surface area contributed by atoms with Crippen molar-refractivity contribution < 1.29 is 23.9 Å². The summed E-state index contributed by atoms with van der Waals surface area (Å²) in [7, 11) is 1.57.